The summed E-state index contributed by atoms with van der Waals surface area (Å²) in [4.78, 5) is 23.4. The highest BCUT2D eigenvalue weighted by molar-refractivity contribution is 5.94. The van der Waals surface area contributed by atoms with E-state index in [1.54, 1.807) is 30.3 Å². The minimum absolute atomic E-state index is 0.142. The molecule has 0 aliphatic heterocycles. The zero-order valence-corrected chi connectivity index (χ0v) is 12.3. The van der Waals surface area contributed by atoms with Crippen LogP contribution in [0.2, 0.25) is 0 Å². The second kappa shape index (κ2) is 8.05. The van der Waals surface area contributed by atoms with Gasteiger partial charge in [-0.15, -0.1) is 0 Å². The van der Waals surface area contributed by atoms with E-state index in [4.69, 9.17) is 0 Å². The predicted molar refractivity (Wildman–Crippen MR) is 84.1 cm³/mol. The quantitative estimate of drug-likeness (QED) is 0.763. The summed E-state index contributed by atoms with van der Waals surface area (Å²) in [6.07, 6.45) is -1.07. The van der Waals surface area contributed by atoms with E-state index in [1.807, 2.05) is 6.07 Å². The number of rotatable bonds is 6. The molecular formula is C17H17FN2O3. The van der Waals surface area contributed by atoms with Crippen molar-refractivity contribution in [3.05, 3.63) is 66.0 Å². The summed E-state index contributed by atoms with van der Waals surface area (Å²) in [5, 5.41) is 14.8. The summed E-state index contributed by atoms with van der Waals surface area (Å²) >= 11 is 0. The molecule has 0 bridgehead atoms. The van der Waals surface area contributed by atoms with Crippen LogP contribution < -0.4 is 10.6 Å². The summed E-state index contributed by atoms with van der Waals surface area (Å²) in [6.45, 7) is -0.253. The number of aliphatic hydroxyl groups is 1. The fraction of sp³-hybridized carbons (Fsp3) is 0.176. The van der Waals surface area contributed by atoms with Crippen LogP contribution >= 0.6 is 0 Å². The van der Waals surface area contributed by atoms with Crippen LogP contribution in [0.3, 0.4) is 0 Å². The Kier molecular flexibility index (Phi) is 5.82. The molecule has 0 fully saturated rings. The van der Waals surface area contributed by atoms with Crippen molar-refractivity contribution in [3.8, 4) is 0 Å². The smallest absolute Gasteiger partial charge is 0.243 e. The number of nitrogens with one attached hydrogen (secondary N) is 2. The van der Waals surface area contributed by atoms with E-state index in [9.17, 15) is 19.1 Å². The number of hydrogen-bond donors (Lipinski definition) is 3. The van der Waals surface area contributed by atoms with Gasteiger partial charge in [0.1, 0.15) is 5.82 Å². The maximum Gasteiger partial charge on any atom is 0.243 e. The number of carbonyl (C=O) groups excluding carboxylic acids is 2. The first-order chi connectivity index (χ1) is 11.0. The van der Waals surface area contributed by atoms with E-state index in [0.29, 0.717) is 11.3 Å². The van der Waals surface area contributed by atoms with E-state index in [2.05, 4.69) is 10.6 Å². The topological polar surface area (TPSA) is 78.4 Å². The number of hydrogen-bond acceptors (Lipinski definition) is 3. The molecule has 0 spiro atoms. The summed E-state index contributed by atoms with van der Waals surface area (Å²) < 4.78 is 13.0. The maximum absolute atomic E-state index is 13.0. The second-order valence-corrected chi connectivity index (χ2v) is 4.97. The van der Waals surface area contributed by atoms with Crippen molar-refractivity contribution in [1.29, 1.82) is 0 Å². The lowest BCUT2D eigenvalue weighted by atomic mass is 10.1. The van der Waals surface area contributed by atoms with E-state index in [0.717, 1.165) is 0 Å². The second-order valence-electron chi connectivity index (χ2n) is 4.97. The molecule has 0 aliphatic carbocycles. The molecule has 2 rings (SSSR count). The van der Waals surface area contributed by atoms with Gasteiger partial charge in [0, 0.05) is 5.69 Å². The van der Waals surface area contributed by atoms with Gasteiger partial charge in [-0.25, -0.2) is 4.39 Å². The molecule has 2 aromatic rings. The number of amides is 2. The molecule has 0 radical (unpaired) electrons. The van der Waals surface area contributed by atoms with E-state index < -0.39 is 23.7 Å². The van der Waals surface area contributed by atoms with Crippen molar-refractivity contribution in [2.45, 2.75) is 12.5 Å². The van der Waals surface area contributed by atoms with Crippen molar-refractivity contribution < 1.29 is 19.1 Å². The highest BCUT2D eigenvalue weighted by atomic mass is 19.1. The third-order valence-corrected chi connectivity index (χ3v) is 3.12. The highest BCUT2D eigenvalue weighted by Crippen LogP contribution is 2.15. The van der Waals surface area contributed by atoms with Gasteiger partial charge >= 0.3 is 0 Å². The first-order valence-corrected chi connectivity index (χ1v) is 7.10. The highest BCUT2D eigenvalue weighted by Gasteiger charge is 2.13. The van der Waals surface area contributed by atoms with Gasteiger partial charge in [0.25, 0.3) is 0 Å². The monoisotopic (exact) mass is 316 g/mol. The molecule has 5 nitrogen and oxygen atoms in total. The molecule has 6 heteroatoms. The number of anilines is 1. The number of aliphatic hydroxyl groups excluding tert-OH is 1. The van der Waals surface area contributed by atoms with Crippen LogP contribution in [0.5, 0.6) is 0 Å². The molecule has 1 unspecified atom stereocenters. The largest absolute Gasteiger partial charge is 0.388 e. The Hall–Kier alpha value is -2.73. The molecular weight excluding hydrogens is 299 g/mol. The van der Waals surface area contributed by atoms with Gasteiger partial charge in [-0.05, 0) is 23.8 Å². The molecule has 0 aliphatic rings. The third-order valence-electron chi connectivity index (χ3n) is 3.12. The molecule has 0 heterocycles. The summed E-state index contributed by atoms with van der Waals surface area (Å²) in [5.41, 5.74) is 0.945. The minimum atomic E-state index is -0.928. The van der Waals surface area contributed by atoms with Crippen LogP contribution in [0.25, 0.3) is 0 Å². The first-order valence-electron chi connectivity index (χ1n) is 7.10. The Morgan fingerprint density at radius 2 is 1.78 bits per heavy atom. The van der Waals surface area contributed by atoms with E-state index in [-0.39, 0.29) is 13.0 Å². The SMILES string of the molecule is O=C(CC(O)c1ccccc1)NCC(=O)Nc1cccc(F)c1. The molecule has 0 aromatic heterocycles. The third kappa shape index (κ3) is 5.52. The first kappa shape index (κ1) is 16.6. The van der Waals surface area contributed by atoms with Crippen molar-refractivity contribution in [2.24, 2.45) is 0 Å². The van der Waals surface area contributed by atoms with Gasteiger partial charge in [-0.1, -0.05) is 36.4 Å². The van der Waals surface area contributed by atoms with Gasteiger partial charge in [0.2, 0.25) is 11.8 Å². The van der Waals surface area contributed by atoms with Crippen molar-refractivity contribution in [2.75, 3.05) is 11.9 Å². The fourth-order valence-electron chi connectivity index (χ4n) is 1.99. The summed E-state index contributed by atoms with van der Waals surface area (Å²) in [6, 6.07) is 14.2. The van der Waals surface area contributed by atoms with Crippen LogP contribution in [0.4, 0.5) is 10.1 Å². The number of benzene rings is 2. The van der Waals surface area contributed by atoms with Crippen LogP contribution in [0, 0.1) is 5.82 Å². The zero-order chi connectivity index (χ0) is 16.7. The lowest BCUT2D eigenvalue weighted by Gasteiger charge is -2.11. The standard InChI is InChI=1S/C17H17FN2O3/c18-13-7-4-8-14(9-13)20-17(23)11-19-16(22)10-15(21)12-5-2-1-3-6-12/h1-9,15,21H,10-11H2,(H,19,22)(H,20,23). The summed E-state index contributed by atoms with van der Waals surface area (Å²) in [7, 11) is 0. The number of carbonyl (C=O) groups is 2. The molecule has 0 saturated carbocycles. The van der Waals surface area contributed by atoms with Crippen molar-refractivity contribution in [1.82, 2.24) is 5.32 Å². The van der Waals surface area contributed by atoms with Crippen LogP contribution in [0.1, 0.15) is 18.1 Å². The molecule has 23 heavy (non-hydrogen) atoms. The average Bonchev–Trinajstić information content (AvgIpc) is 2.54. The minimum Gasteiger partial charge on any atom is -0.388 e. The Morgan fingerprint density at radius 3 is 2.48 bits per heavy atom. The van der Waals surface area contributed by atoms with E-state index >= 15 is 0 Å². The van der Waals surface area contributed by atoms with Crippen LogP contribution in [-0.4, -0.2) is 23.5 Å². The molecule has 0 saturated heterocycles. The Labute approximate surface area is 133 Å². The van der Waals surface area contributed by atoms with Crippen molar-refractivity contribution in [3.63, 3.8) is 0 Å². The molecule has 120 valence electrons. The van der Waals surface area contributed by atoms with Gasteiger partial charge in [-0.3, -0.25) is 9.59 Å². The van der Waals surface area contributed by atoms with Gasteiger partial charge in [-0.2, -0.15) is 0 Å². The normalized spacial score (nSPS) is 11.6. The number of halogens is 1. The Morgan fingerprint density at radius 1 is 1.04 bits per heavy atom. The lowest BCUT2D eigenvalue weighted by Crippen LogP contribution is -2.33. The molecule has 2 amide bonds. The average molecular weight is 316 g/mol. The Balaban J connectivity index is 1.76. The van der Waals surface area contributed by atoms with Gasteiger partial charge in [0.05, 0.1) is 19.1 Å². The zero-order valence-electron chi connectivity index (χ0n) is 12.3. The van der Waals surface area contributed by atoms with Crippen LogP contribution in [-0.2, 0) is 9.59 Å². The summed E-state index contributed by atoms with van der Waals surface area (Å²) in [5.74, 6) is -1.38. The molecule has 3 N–H and O–H groups in total. The van der Waals surface area contributed by atoms with Crippen LogP contribution in [0.15, 0.2) is 54.6 Å². The van der Waals surface area contributed by atoms with E-state index in [1.165, 1.54) is 18.2 Å². The fourth-order valence-corrected chi connectivity index (χ4v) is 1.99. The van der Waals surface area contributed by atoms with Gasteiger partial charge < -0.3 is 15.7 Å². The Bertz CT molecular complexity index is 677. The lowest BCUT2D eigenvalue weighted by molar-refractivity contribution is -0.125. The van der Waals surface area contributed by atoms with Gasteiger partial charge in [0.15, 0.2) is 0 Å². The molecule has 1 atom stereocenters. The predicted octanol–water partition coefficient (Wildman–Crippen LogP) is 2.00. The molecule has 2 aromatic carbocycles. The van der Waals surface area contributed by atoms with Crippen molar-refractivity contribution >= 4 is 17.5 Å². The maximum atomic E-state index is 13.0.